The molecule has 1 aliphatic heterocycles. The van der Waals surface area contributed by atoms with E-state index < -0.39 is 0 Å². The number of amides is 1. The highest BCUT2D eigenvalue weighted by Gasteiger charge is 2.23. The Kier molecular flexibility index (Phi) is 6.01. The highest BCUT2D eigenvalue weighted by atomic mass is 79.9. The Morgan fingerprint density at radius 2 is 2.20 bits per heavy atom. The third-order valence-electron chi connectivity index (χ3n) is 3.57. The summed E-state index contributed by atoms with van der Waals surface area (Å²) in [6.07, 6.45) is 3.44. The summed E-state index contributed by atoms with van der Waals surface area (Å²) in [5.74, 6) is 0.00775. The first-order valence-electron chi connectivity index (χ1n) is 6.79. The van der Waals surface area contributed by atoms with E-state index in [-0.39, 0.29) is 5.91 Å². The molecule has 4 nitrogen and oxygen atoms in total. The van der Waals surface area contributed by atoms with Gasteiger partial charge in [-0.2, -0.15) is 0 Å². The van der Waals surface area contributed by atoms with Gasteiger partial charge in [0.15, 0.2) is 0 Å². The Bertz CT molecular complexity index is 481. The normalized spacial score (nSPS) is 19.9. The smallest absolute Gasteiger partial charge is 0.238 e. The molecule has 1 aromatic carbocycles. The van der Waals surface area contributed by atoms with E-state index in [0.29, 0.717) is 19.1 Å². The number of nitrogens with one attached hydrogen (secondary N) is 1. The Labute approximate surface area is 136 Å². The Morgan fingerprint density at radius 1 is 1.40 bits per heavy atom. The SMILES string of the molecule is NCC1CCCCN1CC(=O)Nc1ccc(Br)cc1Br. The molecular formula is C14H19Br2N3O. The van der Waals surface area contributed by atoms with Crippen molar-refractivity contribution in [1.29, 1.82) is 0 Å². The topological polar surface area (TPSA) is 58.4 Å². The van der Waals surface area contributed by atoms with Crippen molar-refractivity contribution in [3.63, 3.8) is 0 Å². The highest BCUT2D eigenvalue weighted by molar-refractivity contribution is 9.11. The van der Waals surface area contributed by atoms with E-state index >= 15 is 0 Å². The van der Waals surface area contributed by atoms with Gasteiger partial charge in [0.2, 0.25) is 5.91 Å². The Hall–Kier alpha value is -0.430. The molecule has 1 atom stereocenters. The predicted molar refractivity (Wildman–Crippen MR) is 88.7 cm³/mol. The zero-order valence-corrected chi connectivity index (χ0v) is 14.4. The monoisotopic (exact) mass is 403 g/mol. The summed E-state index contributed by atoms with van der Waals surface area (Å²) < 4.78 is 1.84. The zero-order chi connectivity index (χ0) is 14.5. The maximum Gasteiger partial charge on any atom is 0.238 e. The number of nitrogens with zero attached hydrogens (tertiary/aromatic N) is 1. The molecule has 0 radical (unpaired) electrons. The number of carbonyl (C=O) groups excluding carboxylic acids is 1. The molecule has 3 N–H and O–H groups in total. The maximum absolute atomic E-state index is 12.2. The summed E-state index contributed by atoms with van der Waals surface area (Å²) in [4.78, 5) is 14.3. The standard InChI is InChI=1S/C14H19Br2N3O/c15-10-4-5-13(12(16)7-10)18-14(20)9-19-6-2-1-3-11(19)8-17/h4-5,7,11H,1-3,6,8-9,17H2,(H,18,20). The first kappa shape index (κ1) is 15.9. The van der Waals surface area contributed by atoms with Gasteiger partial charge in [0.05, 0.1) is 12.2 Å². The van der Waals surface area contributed by atoms with Crippen LogP contribution in [-0.2, 0) is 4.79 Å². The van der Waals surface area contributed by atoms with Crippen molar-refractivity contribution in [2.24, 2.45) is 5.73 Å². The largest absolute Gasteiger partial charge is 0.329 e. The number of hydrogen-bond acceptors (Lipinski definition) is 3. The van der Waals surface area contributed by atoms with Crippen LogP contribution in [0.5, 0.6) is 0 Å². The van der Waals surface area contributed by atoms with E-state index in [1.54, 1.807) is 0 Å². The van der Waals surface area contributed by atoms with Gasteiger partial charge in [-0.15, -0.1) is 0 Å². The third kappa shape index (κ3) is 4.28. The molecule has 0 saturated carbocycles. The molecule has 0 bridgehead atoms. The van der Waals surface area contributed by atoms with Crippen LogP contribution in [0.25, 0.3) is 0 Å². The van der Waals surface area contributed by atoms with Crippen molar-refractivity contribution in [1.82, 2.24) is 4.90 Å². The third-order valence-corrected chi connectivity index (χ3v) is 4.72. The summed E-state index contributed by atoms with van der Waals surface area (Å²) in [5.41, 5.74) is 6.57. The summed E-state index contributed by atoms with van der Waals surface area (Å²) in [5, 5.41) is 2.94. The predicted octanol–water partition coefficient (Wildman–Crippen LogP) is 2.96. The lowest BCUT2D eigenvalue weighted by atomic mass is 10.0. The molecule has 0 spiro atoms. The van der Waals surface area contributed by atoms with E-state index in [1.165, 1.54) is 6.42 Å². The number of anilines is 1. The van der Waals surface area contributed by atoms with Crippen LogP contribution in [0.4, 0.5) is 5.69 Å². The van der Waals surface area contributed by atoms with Crippen LogP contribution in [0.1, 0.15) is 19.3 Å². The lowest BCUT2D eigenvalue weighted by Gasteiger charge is -2.34. The zero-order valence-electron chi connectivity index (χ0n) is 11.2. The second-order valence-electron chi connectivity index (χ2n) is 5.03. The molecule has 1 fully saturated rings. The average Bonchev–Trinajstić information content (AvgIpc) is 2.42. The van der Waals surface area contributed by atoms with Gasteiger partial charge in [-0.3, -0.25) is 9.69 Å². The molecule has 110 valence electrons. The molecule has 1 aromatic rings. The van der Waals surface area contributed by atoms with Crippen molar-refractivity contribution in [3.05, 3.63) is 27.1 Å². The van der Waals surface area contributed by atoms with Gasteiger partial charge in [-0.05, 0) is 53.5 Å². The molecule has 1 unspecified atom stereocenters. The average molecular weight is 405 g/mol. The molecule has 2 rings (SSSR count). The van der Waals surface area contributed by atoms with Crippen LogP contribution in [0, 0.1) is 0 Å². The fraction of sp³-hybridized carbons (Fsp3) is 0.500. The van der Waals surface area contributed by atoms with Gasteiger partial charge in [0.25, 0.3) is 0 Å². The fourth-order valence-corrected chi connectivity index (χ4v) is 3.65. The minimum absolute atomic E-state index is 0.00775. The van der Waals surface area contributed by atoms with Crippen LogP contribution in [0.2, 0.25) is 0 Å². The maximum atomic E-state index is 12.2. The second-order valence-corrected chi connectivity index (χ2v) is 6.80. The number of carbonyl (C=O) groups is 1. The van der Waals surface area contributed by atoms with Crippen LogP contribution in [0.15, 0.2) is 27.1 Å². The molecule has 0 aromatic heterocycles. The lowest BCUT2D eigenvalue weighted by Crippen LogP contribution is -2.47. The number of hydrogen-bond donors (Lipinski definition) is 2. The molecule has 20 heavy (non-hydrogen) atoms. The van der Waals surface area contributed by atoms with Crippen molar-refractivity contribution >= 4 is 43.5 Å². The fourth-order valence-electron chi connectivity index (χ4n) is 2.50. The lowest BCUT2D eigenvalue weighted by molar-refractivity contribution is -0.118. The van der Waals surface area contributed by atoms with Crippen molar-refractivity contribution in [2.45, 2.75) is 25.3 Å². The number of halogens is 2. The van der Waals surface area contributed by atoms with E-state index in [1.807, 2.05) is 18.2 Å². The number of nitrogens with two attached hydrogens (primary N) is 1. The minimum Gasteiger partial charge on any atom is -0.329 e. The highest BCUT2D eigenvalue weighted by Crippen LogP contribution is 2.26. The van der Waals surface area contributed by atoms with Crippen LogP contribution < -0.4 is 11.1 Å². The van der Waals surface area contributed by atoms with E-state index in [2.05, 4.69) is 42.1 Å². The Morgan fingerprint density at radius 3 is 2.90 bits per heavy atom. The molecule has 0 aliphatic carbocycles. The van der Waals surface area contributed by atoms with Gasteiger partial charge >= 0.3 is 0 Å². The van der Waals surface area contributed by atoms with Crippen LogP contribution in [-0.4, -0.2) is 36.5 Å². The quantitative estimate of drug-likeness (QED) is 0.810. The van der Waals surface area contributed by atoms with Gasteiger partial charge < -0.3 is 11.1 Å². The molecule has 1 saturated heterocycles. The molecular weight excluding hydrogens is 386 g/mol. The van der Waals surface area contributed by atoms with Gasteiger partial charge in [-0.1, -0.05) is 22.4 Å². The second kappa shape index (κ2) is 7.54. The molecule has 1 heterocycles. The van der Waals surface area contributed by atoms with Gasteiger partial charge in [0, 0.05) is 21.5 Å². The summed E-state index contributed by atoms with van der Waals surface area (Å²) >= 11 is 6.84. The van der Waals surface area contributed by atoms with E-state index in [9.17, 15) is 4.79 Å². The van der Waals surface area contributed by atoms with E-state index in [4.69, 9.17) is 5.73 Å². The first-order chi connectivity index (χ1) is 9.60. The van der Waals surface area contributed by atoms with E-state index in [0.717, 1.165) is 34.0 Å². The number of likely N-dealkylation sites (tertiary alicyclic amines) is 1. The van der Waals surface area contributed by atoms with Crippen molar-refractivity contribution < 1.29 is 4.79 Å². The molecule has 1 amide bonds. The number of piperidine rings is 1. The summed E-state index contributed by atoms with van der Waals surface area (Å²) in [6, 6.07) is 6.04. The van der Waals surface area contributed by atoms with Crippen LogP contribution >= 0.6 is 31.9 Å². The Balaban J connectivity index is 1.94. The van der Waals surface area contributed by atoms with Crippen molar-refractivity contribution in [2.75, 3.05) is 25.0 Å². The van der Waals surface area contributed by atoms with Gasteiger partial charge in [-0.25, -0.2) is 0 Å². The van der Waals surface area contributed by atoms with Crippen LogP contribution in [0.3, 0.4) is 0 Å². The first-order valence-corrected chi connectivity index (χ1v) is 8.38. The molecule has 6 heteroatoms. The summed E-state index contributed by atoms with van der Waals surface area (Å²) in [6.45, 7) is 1.98. The minimum atomic E-state index is 0.00775. The molecule has 1 aliphatic rings. The van der Waals surface area contributed by atoms with Crippen molar-refractivity contribution in [3.8, 4) is 0 Å². The van der Waals surface area contributed by atoms with Gasteiger partial charge in [0.1, 0.15) is 0 Å². The number of rotatable bonds is 4. The summed E-state index contributed by atoms with van der Waals surface area (Å²) in [7, 11) is 0. The number of benzene rings is 1.